The van der Waals surface area contributed by atoms with Crippen LogP contribution in [0.25, 0.3) is 0 Å². The van der Waals surface area contributed by atoms with E-state index >= 15 is 0 Å². The van der Waals surface area contributed by atoms with Gasteiger partial charge in [0.05, 0.1) is 12.7 Å². The summed E-state index contributed by atoms with van der Waals surface area (Å²) in [5.74, 6) is 0.360. The van der Waals surface area contributed by atoms with Crippen molar-refractivity contribution in [2.75, 3.05) is 12.4 Å². The van der Waals surface area contributed by atoms with Crippen LogP contribution in [0.5, 0.6) is 5.75 Å². The minimum atomic E-state index is -0.182. The molecule has 1 N–H and O–H groups in total. The predicted octanol–water partition coefficient (Wildman–Crippen LogP) is 4.62. The van der Waals surface area contributed by atoms with Crippen LogP contribution in [0.15, 0.2) is 40.9 Å². The first-order chi connectivity index (χ1) is 9.51. The first-order valence-electron chi connectivity index (χ1n) is 5.92. The van der Waals surface area contributed by atoms with E-state index in [-0.39, 0.29) is 5.91 Å². The lowest BCUT2D eigenvalue weighted by Gasteiger charge is -2.11. The third-order valence-electron chi connectivity index (χ3n) is 2.84. The second-order valence-electron chi connectivity index (χ2n) is 4.26. The maximum Gasteiger partial charge on any atom is 0.259 e. The molecule has 0 unspecified atom stereocenters. The molecule has 1 amide bonds. The van der Waals surface area contributed by atoms with Crippen molar-refractivity contribution in [2.24, 2.45) is 0 Å². The van der Waals surface area contributed by atoms with Gasteiger partial charge < -0.3 is 10.1 Å². The van der Waals surface area contributed by atoms with E-state index in [1.165, 1.54) is 0 Å². The van der Waals surface area contributed by atoms with Crippen LogP contribution in [-0.4, -0.2) is 13.0 Å². The smallest absolute Gasteiger partial charge is 0.259 e. The minimum absolute atomic E-state index is 0.182. The molecule has 0 atom stereocenters. The van der Waals surface area contributed by atoms with Crippen LogP contribution in [0.1, 0.15) is 15.9 Å². The summed E-state index contributed by atoms with van der Waals surface area (Å²) >= 11 is 5.60. The van der Waals surface area contributed by atoms with E-state index in [9.17, 15) is 4.79 Å². The SMILES string of the molecule is COc1cc(Br)ccc1C(=O)Nc1ccc(I)cc1C. The number of carbonyl (C=O) groups excluding carboxylic acids is 1. The Labute approximate surface area is 140 Å². The molecule has 0 bridgehead atoms. The number of hydrogen-bond acceptors (Lipinski definition) is 2. The van der Waals surface area contributed by atoms with Gasteiger partial charge in [-0.1, -0.05) is 15.9 Å². The van der Waals surface area contributed by atoms with Gasteiger partial charge in [-0.25, -0.2) is 0 Å². The number of halogens is 2. The lowest BCUT2D eigenvalue weighted by atomic mass is 10.1. The monoisotopic (exact) mass is 445 g/mol. The molecule has 0 fully saturated rings. The van der Waals surface area contributed by atoms with Crippen LogP contribution in [0, 0.1) is 10.5 Å². The number of amides is 1. The van der Waals surface area contributed by atoms with Gasteiger partial charge in [0.25, 0.3) is 5.91 Å². The molecular weight excluding hydrogens is 433 g/mol. The fourth-order valence-corrected chi connectivity index (χ4v) is 2.80. The van der Waals surface area contributed by atoms with E-state index in [0.717, 1.165) is 19.3 Å². The van der Waals surface area contributed by atoms with E-state index < -0.39 is 0 Å². The van der Waals surface area contributed by atoms with Crippen LogP contribution in [-0.2, 0) is 0 Å². The summed E-state index contributed by atoms with van der Waals surface area (Å²) in [6.45, 7) is 1.97. The molecule has 5 heteroatoms. The summed E-state index contributed by atoms with van der Waals surface area (Å²) in [6, 6.07) is 11.2. The molecule has 20 heavy (non-hydrogen) atoms. The molecular formula is C15H13BrINO2. The molecule has 104 valence electrons. The molecule has 0 radical (unpaired) electrons. The van der Waals surface area contributed by atoms with E-state index in [2.05, 4.69) is 43.8 Å². The largest absolute Gasteiger partial charge is 0.496 e. The summed E-state index contributed by atoms with van der Waals surface area (Å²) in [6.07, 6.45) is 0. The lowest BCUT2D eigenvalue weighted by molar-refractivity contribution is 0.102. The van der Waals surface area contributed by atoms with Crippen LogP contribution in [0.2, 0.25) is 0 Å². The zero-order chi connectivity index (χ0) is 14.7. The molecule has 0 spiro atoms. The molecule has 0 saturated heterocycles. The number of anilines is 1. The molecule has 3 nitrogen and oxygen atoms in total. The molecule has 0 aliphatic heterocycles. The number of nitrogens with one attached hydrogen (secondary N) is 1. The molecule has 0 saturated carbocycles. The van der Waals surface area contributed by atoms with Crippen molar-refractivity contribution >= 4 is 50.1 Å². The second kappa shape index (κ2) is 6.58. The van der Waals surface area contributed by atoms with Gasteiger partial charge in [0.15, 0.2) is 0 Å². The zero-order valence-electron chi connectivity index (χ0n) is 11.0. The Hall–Kier alpha value is -1.08. The number of methoxy groups -OCH3 is 1. The van der Waals surface area contributed by atoms with Crippen LogP contribution in [0.4, 0.5) is 5.69 Å². The van der Waals surface area contributed by atoms with Gasteiger partial charge in [0, 0.05) is 13.7 Å². The van der Waals surface area contributed by atoms with Crippen LogP contribution >= 0.6 is 38.5 Å². The first-order valence-corrected chi connectivity index (χ1v) is 7.79. The standard InChI is InChI=1S/C15H13BrINO2/c1-9-7-11(17)4-6-13(9)18-15(19)12-5-3-10(16)8-14(12)20-2/h3-8H,1-2H3,(H,18,19). The lowest BCUT2D eigenvalue weighted by Crippen LogP contribution is -2.14. The highest BCUT2D eigenvalue weighted by atomic mass is 127. The zero-order valence-corrected chi connectivity index (χ0v) is 14.8. The maximum absolute atomic E-state index is 12.3. The molecule has 0 aromatic heterocycles. The quantitative estimate of drug-likeness (QED) is 0.700. The van der Waals surface area contributed by atoms with Gasteiger partial charge in [-0.2, -0.15) is 0 Å². The summed E-state index contributed by atoms with van der Waals surface area (Å²) in [5, 5.41) is 2.91. The number of hydrogen-bond donors (Lipinski definition) is 1. The maximum atomic E-state index is 12.3. The van der Waals surface area contributed by atoms with Gasteiger partial charge in [0.2, 0.25) is 0 Å². The minimum Gasteiger partial charge on any atom is -0.496 e. The Kier molecular flexibility index (Phi) is 5.04. The van der Waals surface area contributed by atoms with E-state index in [4.69, 9.17) is 4.74 Å². The van der Waals surface area contributed by atoms with Gasteiger partial charge in [-0.05, 0) is 71.5 Å². The highest BCUT2D eigenvalue weighted by Crippen LogP contribution is 2.25. The van der Waals surface area contributed by atoms with Crippen LogP contribution < -0.4 is 10.1 Å². The van der Waals surface area contributed by atoms with Gasteiger partial charge in [0.1, 0.15) is 5.75 Å². The van der Waals surface area contributed by atoms with E-state index in [1.54, 1.807) is 19.2 Å². The van der Waals surface area contributed by atoms with Crippen molar-refractivity contribution in [1.29, 1.82) is 0 Å². The van der Waals surface area contributed by atoms with Crippen molar-refractivity contribution in [3.05, 3.63) is 55.6 Å². The van der Waals surface area contributed by atoms with Gasteiger partial charge in [-0.15, -0.1) is 0 Å². The average Bonchev–Trinajstić information content (AvgIpc) is 2.41. The van der Waals surface area contributed by atoms with Crippen molar-refractivity contribution in [3.63, 3.8) is 0 Å². The summed E-state index contributed by atoms with van der Waals surface area (Å²) < 4.78 is 7.25. The number of benzene rings is 2. The molecule has 0 aliphatic carbocycles. The van der Waals surface area contributed by atoms with Crippen molar-refractivity contribution in [2.45, 2.75) is 6.92 Å². The number of carbonyl (C=O) groups is 1. The summed E-state index contributed by atoms with van der Waals surface area (Å²) in [5.41, 5.74) is 2.34. The number of ether oxygens (including phenoxy) is 1. The topological polar surface area (TPSA) is 38.3 Å². The van der Waals surface area contributed by atoms with Crippen molar-refractivity contribution < 1.29 is 9.53 Å². The molecule has 0 aliphatic rings. The predicted molar refractivity (Wildman–Crippen MR) is 92.5 cm³/mol. The highest BCUT2D eigenvalue weighted by Gasteiger charge is 2.13. The Morgan fingerprint density at radius 2 is 2.00 bits per heavy atom. The Bertz CT molecular complexity index is 658. The fourth-order valence-electron chi connectivity index (χ4n) is 1.81. The first kappa shape index (κ1) is 15.3. The van der Waals surface area contributed by atoms with Crippen molar-refractivity contribution in [1.82, 2.24) is 0 Å². The third kappa shape index (κ3) is 3.52. The normalized spacial score (nSPS) is 10.2. The van der Waals surface area contributed by atoms with E-state index in [0.29, 0.717) is 11.3 Å². The Morgan fingerprint density at radius 1 is 1.25 bits per heavy atom. The van der Waals surface area contributed by atoms with Crippen LogP contribution in [0.3, 0.4) is 0 Å². The second-order valence-corrected chi connectivity index (χ2v) is 6.42. The Morgan fingerprint density at radius 3 is 2.65 bits per heavy atom. The Balaban J connectivity index is 2.28. The summed E-state index contributed by atoms with van der Waals surface area (Å²) in [7, 11) is 1.55. The number of aryl methyl sites for hydroxylation is 1. The third-order valence-corrected chi connectivity index (χ3v) is 4.01. The fraction of sp³-hybridized carbons (Fsp3) is 0.133. The van der Waals surface area contributed by atoms with Gasteiger partial charge >= 0.3 is 0 Å². The molecule has 0 heterocycles. The molecule has 2 aromatic rings. The molecule has 2 rings (SSSR count). The summed E-state index contributed by atoms with van der Waals surface area (Å²) in [4.78, 5) is 12.3. The van der Waals surface area contributed by atoms with Gasteiger partial charge in [-0.3, -0.25) is 4.79 Å². The molecule has 2 aromatic carbocycles. The van der Waals surface area contributed by atoms with Crippen molar-refractivity contribution in [3.8, 4) is 5.75 Å². The number of rotatable bonds is 3. The highest BCUT2D eigenvalue weighted by molar-refractivity contribution is 14.1. The average molecular weight is 446 g/mol. The van der Waals surface area contributed by atoms with E-state index in [1.807, 2.05) is 31.2 Å².